The van der Waals surface area contributed by atoms with Gasteiger partial charge in [-0.1, -0.05) is 0 Å². The summed E-state index contributed by atoms with van der Waals surface area (Å²) in [4.78, 5) is 1.23. The largest absolute Gasteiger partial charge is 0.389 e. The fourth-order valence-corrected chi connectivity index (χ4v) is 4.17. The normalized spacial score (nSPS) is 35.2. The number of rotatable bonds is 2. The Hall–Kier alpha value is 0.1000. The molecule has 0 aromatic carbocycles. The van der Waals surface area contributed by atoms with Gasteiger partial charge in [-0.05, 0) is 41.2 Å². The van der Waals surface area contributed by atoms with Crippen molar-refractivity contribution in [2.24, 2.45) is 0 Å². The lowest BCUT2D eigenvalue weighted by molar-refractivity contribution is -0.130. The standard InChI is InChI=1S/C12H17BrO2S/c1-8-5-12(14,6-9(2)15-8)7-11-10(13)3-4-16-11/h3-4,8-9,14H,5-7H2,1-2H3. The molecule has 1 N–H and O–H groups in total. The van der Waals surface area contributed by atoms with E-state index in [1.807, 2.05) is 19.9 Å². The molecule has 0 saturated carbocycles. The third-order valence-corrected chi connectivity index (χ3v) is 4.91. The van der Waals surface area contributed by atoms with Crippen LogP contribution in [0.1, 0.15) is 31.6 Å². The summed E-state index contributed by atoms with van der Waals surface area (Å²) in [6, 6.07) is 2.04. The van der Waals surface area contributed by atoms with E-state index in [2.05, 4.69) is 21.3 Å². The smallest absolute Gasteiger partial charge is 0.0745 e. The van der Waals surface area contributed by atoms with Gasteiger partial charge in [0.2, 0.25) is 0 Å². The fraction of sp³-hybridized carbons (Fsp3) is 0.667. The van der Waals surface area contributed by atoms with E-state index in [0.717, 1.165) is 23.7 Å². The van der Waals surface area contributed by atoms with Crippen LogP contribution in [0.5, 0.6) is 0 Å². The van der Waals surface area contributed by atoms with E-state index in [-0.39, 0.29) is 12.2 Å². The van der Waals surface area contributed by atoms with E-state index in [0.29, 0.717) is 0 Å². The molecule has 2 atom stereocenters. The Labute approximate surface area is 109 Å². The van der Waals surface area contributed by atoms with Crippen molar-refractivity contribution in [3.8, 4) is 0 Å². The zero-order chi connectivity index (χ0) is 11.8. The molecule has 2 rings (SSSR count). The summed E-state index contributed by atoms with van der Waals surface area (Å²) in [5, 5.41) is 12.7. The Balaban J connectivity index is 2.10. The van der Waals surface area contributed by atoms with Gasteiger partial charge < -0.3 is 9.84 Å². The second kappa shape index (κ2) is 4.77. The number of thiophene rings is 1. The molecular formula is C12H17BrO2S. The van der Waals surface area contributed by atoms with E-state index in [1.165, 1.54) is 4.88 Å². The Morgan fingerprint density at radius 3 is 2.62 bits per heavy atom. The molecule has 0 bridgehead atoms. The first-order valence-electron chi connectivity index (χ1n) is 5.58. The number of aliphatic hydroxyl groups is 1. The molecule has 1 aliphatic rings. The zero-order valence-corrected chi connectivity index (χ0v) is 12.0. The molecule has 0 spiro atoms. The van der Waals surface area contributed by atoms with Gasteiger partial charge in [-0.2, -0.15) is 0 Å². The first kappa shape index (κ1) is 12.6. The topological polar surface area (TPSA) is 29.5 Å². The number of hydrogen-bond acceptors (Lipinski definition) is 3. The van der Waals surface area contributed by atoms with Crippen molar-refractivity contribution in [3.63, 3.8) is 0 Å². The van der Waals surface area contributed by atoms with E-state index in [1.54, 1.807) is 11.3 Å². The minimum atomic E-state index is -0.607. The Morgan fingerprint density at radius 1 is 1.50 bits per heavy atom. The molecule has 4 heteroatoms. The number of ether oxygens (including phenoxy) is 1. The van der Waals surface area contributed by atoms with Crippen LogP contribution in [0.3, 0.4) is 0 Å². The molecule has 1 aliphatic heterocycles. The first-order chi connectivity index (χ1) is 7.48. The second-order valence-electron chi connectivity index (χ2n) is 4.76. The average Bonchev–Trinajstić information content (AvgIpc) is 2.48. The quantitative estimate of drug-likeness (QED) is 0.908. The van der Waals surface area contributed by atoms with Gasteiger partial charge in [0.25, 0.3) is 0 Å². The molecule has 16 heavy (non-hydrogen) atoms. The van der Waals surface area contributed by atoms with E-state index >= 15 is 0 Å². The van der Waals surface area contributed by atoms with Crippen LogP contribution in [0.25, 0.3) is 0 Å². The first-order valence-corrected chi connectivity index (χ1v) is 7.25. The van der Waals surface area contributed by atoms with Crippen LogP contribution >= 0.6 is 27.3 Å². The van der Waals surface area contributed by atoms with Crippen LogP contribution in [0.15, 0.2) is 15.9 Å². The second-order valence-corrected chi connectivity index (χ2v) is 6.61. The minimum absolute atomic E-state index is 0.146. The summed E-state index contributed by atoms with van der Waals surface area (Å²) in [5.74, 6) is 0. The summed E-state index contributed by atoms with van der Waals surface area (Å²) in [5.41, 5.74) is -0.607. The van der Waals surface area contributed by atoms with Gasteiger partial charge in [-0.15, -0.1) is 11.3 Å². The van der Waals surface area contributed by atoms with Gasteiger partial charge in [0, 0.05) is 28.6 Å². The van der Waals surface area contributed by atoms with Crippen LogP contribution in [0.4, 0.5) is 0 Å². The highest BCUT2D eigenvalue weighted by molar-refractivity contribution is 9.10. The van der Waals surface area contributed by atoms with Gasteiger partial charge in [0.15, 0.2) is 0 Å². The molecule has 1 aromatic rings. The van der Waals surface area contributed by atoms with Gasteiger partial charge >= 0.3 is 0 Å². The van der Waals surface area contributed by atoms with Gasteiger partial charge in [0.1, 0.15) is 0 Å². The average molecular weight is 305 g/mol. The maximum atomic E-state index is 10.6. The molecule has 1 saturated heterocycles. The third-order valence-electron chi connectivity index (χ3n) is 2.98. The summed E-state index contributed by atoms with van der Waals surface area (Å²) in [6.07, 6.45) is 2.46. The molecule has 1 aromatic heterocycles. The lowest BCUT2D eigenvalue weighted by Crippen LogP contribution is -2.44. The van der Waals surface area contributed by atoms with Crippen LogP contribution in [0.2, 0.25) is 0 Å². The van der Waals surface area contributed by atoms with Gasteiger partial charge in [0.05, 0.1) is 17.8 Å². The number of halogens is 1. The molecule has 90 valence electrons. The highest BCUT2D eigenvalue weighted by atomic mass is 79.9. The van der Waals surface area contributed by atoms with Crippen LogP contribution in [-0.2, 0) is 11.2 Å². The highest BCUT2D eigenvalue weighted by Gasteiger charge is 2.37. The fourth-order valence-electron chi connectivity index (χ4n) is 2.54. The van der Waals surface area contributed by atoms with E-state index in [9.17, 15) is 5.11 Å². The number of hydrogen-bond donors (Lipinski definition) is 1. The SMILES string of the molecule is CC1CC(O)(Cc2sccc2Br)CC(C)O1. The molecule has 2 heterocycles. The van der Waals surface area contributed by atoms with Crippen LogP contribution < -0.4 is 0 Å². The lowest BCUT2D eigenvalue weighted by Gasteiger charge is -2.39. The van der Waals surface area contributed by atoms with E-state index < -0.39 is 5.60 Å². The monoisotopic (exact) mass is 304 g/mol. The maximum Gasteiger partial charge on any atom is 0.0745 e. The van der Waals surface area contributed by atoms with Crippen molar-refractivity contribution in [3.05, 3.63) is 20.8 Å². The lowest BCUT2D eigenvalue weighted by atomic mass is 9.84. The Morgan fingerprint density at radius 2 is 2.12 bits per heavy atom. The maximum absolute atomic E-state index is 10.6. The van der Waals surface area contributed by atoms with Crippen LogP contribution in [0, 0.1) is 0 Å². The summed E-state index contributed by atoms with van der Waals surface area (Å²) < 4.78 is 6.77. The third kappa shape index (κ3) is 2.86. The molecule has 2 nitrogen and oxygen atoms in total. The van der Waals surface area contributed by atoms with Crippen molar-refractivity contribution in [2.45, 2.75) is 50.9 Å². The Bertz CT molecular complexity index is 354. The van der Waals surface area contributed by atoms with Crippen LogP contribution in [-0.4, -0.2) is 22.9 Å². The van der Waals surface area contributed by atoms with Crippen molar-refractivity contribution in [1.82, 2.24) is 0 Å². The molecule has 0 aliphatic carbocycles. The minimum Gasteiger partial charge on any atom is -0.389 e. The molecular weight excluding hydrogens is 288 g/mol. The summed E-state index contributed by atoms with van der Waals surface area (Å²) in [7, 11) is 0. The zero-order valence-electron chi connectivity index (χ0n) is 9.57. The van der Waals surface area contributed by atoms with Crippen molar-refractivity contribution in [1.29, 1.82) is 0 Å². The molecule has 1 fully saturated rings. The summed E-state index contributed by atoms with van der Waals surface area (Å²) in [6.45, 7) is 4.06. The summed E-state index contributed by atoms with van der Waals surface area (Å²) >= 11 is 5.21. The van der Waals surface area contributed by atoms with Gasteiger partial charge in [-0.3, -0.25) is 0 Å². The highest BCUT2D eigenvalue weighted by Crippen LogP contribution is 2.35. The molecule has 0 radical (unpaired) electrons. The predicted molar refractivity (Wildman–Crippen MR) is 69.9 cm³/mol. The van der Waals surface area contributed by atoms with Gasteiger partial charge in [-0.25, -0.2) is 0 Å². The Kier molecular flexibility index (Phi) is 3.74. The van der Waals surface area contributed by atoms with E-state index in [4.69, 9.17) is 4.74 Å². The molecule has 2 unspecified atom stereocenters. The van der Waals surface area contributed by atoms with Crippen molar-refractivity contribution >= 4 is 27.3 Å². The van der Waals surface area contributed by atoms with Crippen molar-refractivity contribution < 1.29 is 9.84 Å². The molecule has 0 amide bonds. The van der Waals surface area contributed by atoms with Crippen molar-refractivity contribution in [2.75, 3.05) is 0 Å². The predicted octanol–water partition coefficient (Wildman–Crippen LogP) is 3.37.